The van der Waals surface area contributed by atoms with E-state index in [0.29, 0.717) is 0 Å². The highest BCUT2D eigenvalue weighted by atomic mass is 32.2. The molecule has 0 saturated carbocycles. The van der Waals surface area contributed by atoms with Gasteiger partial charge in [0.25, 0.3) is 0 Å². The molecule has 0 radical (unpaired) electrons. The molecule has 24 heavy (non-hydrogen) atoms. The van der Waals surface area contributed by atoms with Gasteiger partial charge in [-0.3, -0.25) is 0 Å². The van der Waals surface area contributed by atoms with Gasteiger partial charge in [0.05, 0.1) is 15.8 Å². The van der Waals surface area contributed by atoms with E-state index in [-0.39, 0.29) is 16.2 Å². The van der Waals surface area contributed by atoms with Crippen LogP contribution in [-0.4, -0.2) is 26.2 Å². The van der Waals surface area contributed by atoms with Gasteiger partial charge in [-0.2, -0.15) is 0 Å². The van der Waals surface area contributed by atoms with Gasteiger partial charge in [0, 0.05) is 6.42 Å². The van der Waals surface area contributed by atoms with Crippen LogP contribution in [0.4, 0.5) is 4.79 Å². The third-order valence-electron chi connectivity index (χ3n) is 3.43. The second-order valence-electron chi connectivity index (χ2n) is 6.79. The maximum Gasteiger partial charge on any atom is 0.408 e. The molecule has 1 N–H and O–H groups in total. The number of nitrogens with one attached hydrogen (secondary N) is 1. The molecule has 1 amide bonds. The summed E-state index contributed by atoms with van der Waals surface area (Å²) in [5, 5.41) is 2.68. The standard InChI is InChI=1S/C18H23NO4S/c1-13-8-10-15(11-9-13)24(21,22)16-7-5-6-14(12-16)19-17(20)23-18(2,3)4/h5-11,14H,12H2,1-4H3,(H,19,20). The second-order valence-corrected chi connectivity index (χ2v) is 8.79. The molecule has 1 aliphatic carbocycles. The third kappa shape index (κ3) is 4.71. The van der Waals surface area contributed by atoms with Gasteiger partial charge in [0.15, 0.2) is 0 Å². The van der Waals surface area contributed by atoms with Gasteiger partial charge >= 0.3 is 6.09 Å². The van der Waals surface area contributed by atoms with Gasteiger partial charge in [-0.05, 0) is 45.9 Å². The molecule has 0 heterocycles. The number of alkyl carbamates (subject to hydrolysis) is 1. The van der Waals surface area contributed by atoms with E-state index in [4.69, 9.17) is 4.74 Å². The van der Waals surface area contributed by atoms with Crippen LogP contribution < -0.4 is 5.32 Å². The fourth-order valence-corrected chi connectivity index (χ4v) is 3.73. The highest BCUT2D eigenvalue weighted by molar-refractivity contribution is 7.95. The Balaban J connectivity index is 2.11. The predicted molar refractivity (Wildman–Crippen MR) is 93.4 cm³/mol. The second kappa shape index (κ2) is 6.81. The molecular weight excluding hydrogens is 326 g/mol. The van der Waals surface area contributed by atoms with Crippen molar-refractivity contribution in [2.75, 3.05) is 0 Å². The highest BCUT2D eigenvalue weighted by Gasteiger charge is 2.26. The van der Waals surface area contributed by atoms with Crippen LogP contribution >= 0.6 is 0 Å². The third-order valence-corrected chi connectivity index (χ3v) is 5.31. The van der Waals surface area contributed by atoms with Crippen molar-refractivity contribution in [3.63, 3.8) is 0 Å². The minimum atomic E-state index is -3.56. The summed E-state index contributed by atoms with van der Waals surface area (Å²) in [6.45, 7) is 7.23. The minimum Gasteiger partial charge on any atom is -0.444 e. The number of benzene rings is 1. The molecule has 130 valence electrons. The molecular formula is C18H23NO4S. The number of aryl methyl sites for hydroxylation is 1. The predicted octanol–water partition coefficient (Wildman–Crippen LogP) is 3.51. The molecule has 0 fully saturated rings. The van der Waals surface area contributed by atoms with Crippen LogP contribution in [0.25, 0.3) is 0 Å². The molecule has 5 nitrogen and oxygen atoms in total. The lowest BCUT2D eigenvalue weighted by atomic mass is 10.1. The lowest BCUT2D eigenvalue weighted by Gasteiger charge is -2.24. The van der Waals surface area contributed by atoms with Crippen molar-refractivity contribution in [3.8, 4) is 0 Å². The Morgan fingerprint density at radius 3 is 2.42 bits per heavy atom. The van der Waals surface area contributed by atoms with E-state index in [9.17, 15) is 13.2 Å². The van der Waals surface area contributed by atoms with Crippen molar-refractivity contribution in [1.82, 2.24) is 5.32 Å². The van der Waals surface area contributed by atoms with Crippen LogP contribution in [-0.2, 0) is 14.6 Å². The number of rotatable bonds is 3. The van der Waals surface area contributed by atoms with Crippen molar-refractivity contribution in [1.29, 1.82) is 0 Å². The Morgan fingerprint density at radius 2 is 1.83 bits per heavy atom. The smallest absolute Gasteiger partial charge is 0.408 e. The maximum absolute atomic E-state index is 12.7. The van der Waals surface area contributed by atoms with Gasteiger partial charge in [0.1, 0.15) is 5.60 Å². The Labute approximate surface area is 143 Å². The number of allylic oxidation sites excluding steroid dienone is 2. The number of ether oxygens (including phenoxy) is 1. The summed E-state index contributed by atoms with van der Waals surface area (Å²) in [7, 11) is -3.56. The lowest BCUT2D eigenvalue weighted by molar-refractivity contribution is 0.0514. The molecule has 0 bridgehead atoms. The largest absolute Gasteiger partial charge is 0.444 e. The Bertz CT molecular complexity index is 768. The first kappa shape index (κ1) is 18.3. The highest BCUT2D eigenvalue weighted by Crippen LogP contribution is 2.26. The van der Waals surface area contributed by atoms with Crippen LogP contribution in [0, 0.1) is 6.92 Å². The number of sulfone groups is 1. The monoisotopic (exact) mass is 349 g/mol. The van der Waals surface area contributed by atoms with E-state index in [1.165, 1.54) is 0 Å². The molecule has 1 atom stereocenters. The number of hydrogen-bond acceptors (Lipinski definition) is 4. The zero-order chi connectivity index (χ0) is 18.0. The van der Waals surface area contributed by atoms with Gasteiger partial charge in [-0.25, -0.2) is 13.2 Å². The van der Waals surface area contributed by atoms with Crippen LogP contribution in [0.2, 0.25) is 0 Å². The first-order valence-electron chi connectivity index (χ1n) is 7.76. The molecule has 1 aliphatic rings. The number of hydrogen-bond donors (Lipinski definition) is 1. The molecule has 0 saturated heterocycles. The number of amides is 1. The summed E-state index contributed by atoms with van der Waals surface area (Å²) in [6, 6.07) is 6.31. The quantitative estimate of drug-likeness (QED) is 0.906. The molecule has 6 heteroatoms. The van der Waals surface area contributed by atoms with E-state index < -0.39 is 27.6 Å². The topological polar surface area (TPSA) is 72.5 Å². The minimum absolute atomic E-state index is 0.200. The zero-order valence-electron chi connectivity index (χ0n) is 14.4. The number of carbonyl (C=O) groups excluding carboxylic acids is 1. The van der Waals surface area contributed by atoms with E-state index in [0.717, 1.165) is 5.56 Å². The summed E-state index contributed by atoms with van der Waals surface area (Å²) in [6.07, 6.45) is 4.60. The maximum atomic E-state index is 12.7. The molecule has 0 aliphatic heterocycles. The Hall–Kier alpha value is -2.08. The van der Waals surface area contributed by atoms with E-state index in [2.05, 4.69) is 5.32 Å². The van der Waals surface area contributed by atoms with Crippen molar-refractivity contribution in [2.24, 2.45) is 0 Å². The summed E-state index contributed by atoms with van der Waals surface area (Å²) in [4.78, 5) is 12.4. The lowest BCUT2D eigenvalue weighted by Crippen LogP contribution is -2.39. The average Bonchev–Trinajstić information content (AvgIpc) is 2.46. The fraction of sp³-hybridized carbons (Fsp3) is 0.389. The average molecular weight is 349 g/mol. The molecule has 0 spiro atoms. The normalized spacial score (nSPS) is 18.0. The fourth-order valence-electron chi connectivity index (χ4n) is 2.28. The Morgan fingerprint density at radius 1 is 1.21 bits per heavy atom. The summed E-state index contributed by atoms with van der Waals surface area (Å²) < 4.78 is 30.6. The first-order valence-corrected chi connectivity index (χ1v) is 9.25. The molecule has 1 aromatic rings. The van der Waals surface area contributed by atoms with E-state index in [1.54, 1.807) is 63.3 Å². The number of carbonyl (C=O) groups is 1. The SMILES string of the molecule is Cc1ccc(S(=O)(=O)C2=CC=CC(NC(=O)OC(C)(C)C)C2)cc1. The van der Waals surface area contributed by atoms with Crippen molar-refractivity contribution in [2.45, 2.75) is 50.7 Å². The van der Waals surface area contributed by atoms with Gasteiger partial charge in [-0.15, -0.1) is 0 Å². The molecule has 2 rings (SSSR count). The van der Waals surface area contributed by atoms with Crippen LogP contribution in [0.15, 0.2) is 52.3 Å². The zero-order valence-corrected chi connectivity index (χ0v) is 15.2. The Kier molecular flexibility index (Phi) is 5.18. The van der Waals surface area contributed by atoms with Crippen LogP contribution in [0.1, 0.15) is 32.8 Å². The molecule has 0 aromatic heterocycles. The molecule has 1 aromatic carbocycles. The molecule has 1 unspecified atom stereocenters. The van der Waals surface area contributed by atoms with E-state index >= 15 is 0 Å². The summed E-state index contributed by atoms with van der Waals surface area (Å²) in [5.41, 5.74) is 0.394. The van der Waals surface area contributed by atoms with Gasteiger partial charge in [0.2, 0.25) is 9.84 Å². The van der Waals surface area contributed by atoms with E-state index in [1.807, 2.05) is 6.92 Å². The van der Waals surface area contributed by atoms with Crippen molar-refractivity contribution >= 4 is 15.9 Å². The van der Waals surface area contributed by atoms with Crippen molar-refractivity contribution < 1.29 is 17.9 Å². The van der Waals surface area contributed by atoms with Crippen molar-refractivity contribution in [3.05, 3.63) is 53.0 Å². The van der Waals surface area contributed by atoms with Crippen LogP contribution in [0.5, 0.6) is 0 Å². The summed E-state index contributed by atoms with van der Waals surface area (Å²) >= 11 is 0. The van der Waals surface area contributed by atoms with Gasteiger partial charge in [-0.1, -0.05) is 29.8 Å². The van der Waals surface area contributed by atoms with Gasteiger partial charge < -0.3 is 10.1 Å². The summed E-state index contributed by atoms with van der Waals surface area (Å²) in [5.74, 6) is 0. The first-order chi connectivity index (χ1) is 11.1. The van der Waals surface area contributed by atoms with Crippen LogP contribution in [0.3, 0.4) is 0 Å².